The zero-order chi connectivity index (χ0) is 54.7. The Kier molecular flexibility index (Phi) is 16.0. The molecule has 19 nitrogen and oxygen atoms in total. The summed E-state index contributed by atoms with van der Waals surface area (Å²) in [5, 5.41) is 12.1. The number of amides is 10. The summed E-state index contributed by atoms with van der Waals surface area (Å²) in [6, 6.07) is 42.9. The predicted octanol–water partition coefficient (Wildman–Crippen LogP) is 3.87. The van der Waals surface area contributed by atoms with Crippen LogP contribution in [0.4, 0.5) is 0 Å². The second-order valence-corrected chi connectivity index (χ2v) is 18.3. The minimum Gasteiger partial charge on any atom is -0.342 e. The highest BCUT2D eigenvalue weighted by atomic mass is 16.2. The van der Waals surface area contributed by atoms with Gasteiger partial charge >= 0.3 is 0 Å². The lowest BCUT2D eigenvalue weighted by molar-refractivity contribution is -0.131. The Hall–Kier alpha value is -10.4. The van der Waals surface area contributed by atoms with E-state index in [1.54, 1.807) is 146 Å². The molecule has 10 amide bonds. The van der Waals surface area contributed by atoms with E-state index in [2.05, 4.69) is 37.1 Å². The third kappa shape index (κ3) is 12.2. The molecule has 0 aliphatic carbocycles. The van der Waals surface area contributed by atoms with Crippen LogP contribution in [0.2, 0.25) is 0 Å². The molecule has 0 bridgehead atoms. The molecule has 0 radical (unpaired) electrons. The van der Waals surface area contributed by atoms with Crippen LogP contribution in [0.1, 0.15) is 84.4 Å². The van der Waals surface area contributed by atoms with Gasteiger partial charge < -0.3 is 21.3 Å². The van der Waals surface area contributed by atoms with E-state index in [1.165, 1.54) is 42.7 Å². The highest BCUT2D eigenvalue weighted by Gasteiger charge is 2.40. The average Bonchev–Trinajstić information content (AvgIpc) is 3.95. The molecular formula is C59H49N9O10. The largest absolute Gasteiger partial charge is 0.342 e. The Labute approximate surface area is 446 Å². The number of pyridine rings is 1. The number of nitrogens with zero attached hydrogens (tertiary/aromatic N) is 3. The van der Waals surface area contributed by atoms with Gasteiger partial charge in [-0.3, -0.25) is 63.8 Å². The smallest absolute Gasteiger partial charge is 0.280 e. The van der Waals surface area contributed by atoms with Gasteiger partial charge in [-0.15, -0.1) is 0 Å². The lowest BCUT2D eigenvalue weighted by Gasteiger charge is -2.25. The molecule has 0 saturated carbocycles. The van der Waals surface area contributed by atoms with Gasteiger partial charge in [0.1, 0.15) is 24.2 Å². The molecule has 19 heteroatoms. The second kappa shape index (κ2) is 23.8. The third-order valence-electron chi connectivity index (χ3n) is 12.9. The van der Waals surface area contributed by atoms with Crippen LogP contribution in [-0.2, 0) is 44.9 Å². The van der Waals surface area contributed by atoms with Crippen molar-refractivity contribution in [2.45, 2.75) is 49.9 Å². The fraction of sp³-hybridized carbons (Fsp3) is 0.136. The van der Waals surface area contributed by atoms with Crippen LogP contribution < -0.4 is 32.1 Å². The number of hydrogen-bond donors (Lipinski definition) is 6. The highest BCUT2D eigenvalue weighted by molar-refractivity contribution is 6.22. The van der Waals surface area contributed by atoms with Crippen LogP contribution in [0, 0.1) is 0 Å². The topological polar surface area (TPSA) is 262 Å². The first-order valence-electron chi connectivity index (χ1n) is 24.7. The van der Waals surface area contributed by atoms with E-state index in [4.69, 9.17) is 0 Å². The zero-order valence-corrected chi connectivity index (χ0v) is 41.5. The summed E-state index contributed by atoms with van der Waals surface area (Å²) in [4.78, 5) is 142. The van der Waals surface area contributed by atoms with Crippen molar-refractivity contribution < 1.29 is 47.9 Å². The van der Waals surface area contributed by atoms with E-state index in [9.17, 15) is 47.9 Å². The number of rotatable bonds is 20. The standard InChI is InChI=1S/C59H49N9O10/c69-50(61-46(29-36-17-5-1-6-18-36)52(71)63-48(31-38-21-9-3-10-22-38)54(73)65-67-56(75)42-25-13-14-26-43(42)57(67)76)40-33-41(35-60-34-40)51(70)62-47(30-37-19-7-2-8-20-37)53(72)64-49(32-39-23-11-4-12-24-39)55(74)66-68-58(77)44-27-15-16-28-45(44)59(68)78/h1-28,33-35,46-49H,29-32H2,(H,61,69)(H,62,70)(H,63,71)(H,64,72)(H,65,73)(H,66,74)/t46-,47-,48-,49-/m0/s1. The molecule has 0 spiro atoms. The third-order valence-corrected chi connectivity index (χ3v) is 12.9. The van der Waals surface area contributed by atoms with Crippen molar-refractivity contribution in [1.29, 1.82) is 0 Å². The molecule has 2 aliphatic heterocycles. The van der Waals surface area contributed by atoms with Crippen LogP contribution in [-0.4, -0.2) is 98.2 Å². The summed E-state index contributed by atoms with van der Waals surface area (Å²) in [6.45, 7) is 0. The lowest BCUT2D eigenvalue weighted by Crippen LogP contribution is -2.58. The maximum Gasteiger partial charge on any atom is 0.280 e. The molecular weight excluding hydrogens is 995 g/mol. The first-order valence-corrected chi connectivity index (χ1v) is 24.7. The van der Waals surface area contributed by atoms with Gasteiger partial charge in [-0.25, -0.2) is 0 Å². The Bertz CT molecular complexity index is 3160. The van der Waals surface area contributed by atoms with Gasteiger partial charge in [-0.2, -0.15) is 10.0 Å². The number of carbonyl (C=O) groups excluding carboxylic acids is 10. The summed E-state index contributed by atoms with van der Waals surface area (Å²) in [7, 11) is 0. The number of aromatic nitrogens is 1. The summed E-state index contributed by atoms with van der Waals surface area (Å²) in [5.41, 5.74) is 7.36. The average molecular weight is 1040 g/mol. The molecule has 3 heterocycles. The molecule has 4 atom stereocenters. The molecule has 0 unspecified atom stereocenters. The second-order valence-electron chi connectivity index (χ2n) is 18.3. The summed E-state index contributed by atoms with van der Waals surface area (Å²) in [6.07, 6.45) is 2.06. The number of nitrogens with one attached hydrogen (secondary N) is 6. The van der Waals surface area contributed by atoms with E-state index < -0.39 is 83.2 Å². The minimum absolute atomic E-state index is 0.0675. The number of carbonyl (C=O) groups is 10. The molecule has 0 fully saturated rings. The van der Waals surface area contributed by atoms with E-state index >= 15 is 0 Å². The van der Waals surface area contributed by atoms with Crippen molar-refractivity contribution in [2.75, 3.05) is 0 Å². The van der Waals surface area contributed by atoms with E-state index in [-0.39, 0.29) is 59.1 Å². The molecule has 0 saturated heterocycles. The molecule has 390 valence electrons. The van der Waals surface area contributed by atoms with Crippen molar-refractivity contribution >= 4 is 59.1 Å². The highest BCUT2D eigenvalue weighted by Crippen LogP contribution is 2.23. The van der Waals surface area contributed by atoms with Gasteiger partial charge in [0.05, 0.1) is 33.4 Å². The Morgan fingerprint density at radius 3 is 0.885 bits per heavy atom. The van der Waals surface area contributed by atoms with Crippen LogP contribution in [0.3, 0.4) is 0 Å². The zero-order valence-electron chi connectivity index (χ0n) is 41.5. The molecule has 6 aromatic carbocycles. The van der Waals surface area contributed by atoms with Crippen molar-refractivity contribution in [2.24, 2.45) is 0 Å². The quantitative estimate of drug-likeness (QED) is 0.0597. The fourth-order valence-electron chi connectivity index (χ4n) is 8.91. The number of imide groups is 2. The number of hydrogen-bond acceptors (Lipinski definition) is 11. The molecule has 9 rings (SSSR count). The van der Waals surface area contributed by atoms with Gasteiger partial charge in [-0.05, 0) is 52.6 Å². The summed E-state index contributed by atoms with van der Waals surface area (Å²) >= 11 is 0. The first-order chi connectivity index (χ1) is 37.8. The van der Waals surface area contributed by atoms with E-state index in [1.807, 2.05) is 0 Å². The lowest BCUT2D eigenvalue weighted by atomic mass is 10.0. The van der Waals surface area contributed by atoms with Gasteiger partial charge in [0.2, 0.25) is 11.8 Å². The normalized spacial score (nSPS) is 14.0. The molecule has 1 aromatic heterocycles. The SMILES string of the molecule is O=C(N[C@@H](Cc1ccccc1)C(=O)N[C@@H](Cc1ccccc1)C(=O)NN1C(=O)c2ccccc2C1=O)c1cncc(C(=O)N[C@@H](Cc2ccccc2)C(=O)N[C@@H](Cc2ccccc2)C(=O)NN2C(=O)c3ccccc3C2=O)c1. The maximum atomic E-state index is 14.4. The Morgan fingerprint density at radius 1 is 0.346 bits per heavy atom. The Balaban J connectivity index is 0.926. The van der Waals surface area contributed by atoms with Crippen LogP contribution in [0.5, 0.6) is 0 Å². The van der Waals surface area contributed by atoms with Gasteiger partial charge in [0.25, 0.3) is 47.3 Å². The number of hydrazine groups is 2. The van der Waals surface area contributed by atoms with Gasteiger partial charge in [0.15, 0.2) is 0 Å². The van der Waals surface area contributed by atoms with Crippen LogP contribution in [0.15, 0.2) is 188 Å². The minimum atomic E-state index is -1.37. The molecule has 2 aliphatic rings. The van der Waals surface area contributed by atoms with Crippen molar-refractivity contribution in [3.8, 4) is 0 Å². The van der Waals surface area contributed by atoms with Crippen molar-refractivity contribution in [3.63, 3.8) is 0 Å². The van der Waals surface area contributed by atoms with E-state index in [0.29, 0.717) is 32.3 Å². The van der Waals surface area contributed by atoms with E-state index in [0.717, 1.165) is 0 Å². The van der Waals surface area contributed by atoms with Gasteiger partial charge in [0, 0.05) is 38.1 Å². The number of fused-ring (bicyclic) bond motifs is 2. The predicted molar refractivity (Wildman–Crippen MR) is 281 cm³/mol. The summed E-state index contributed by atoms with van der Waals surface area (Å²) in [5.74, 6) is -8.05. The van der Waals surface area contributed by atoms with Crippen LogP contribution >= 0.6 is 0 Å². The first kappa shape index (κ1) is 52.4. The van der Waals surface area contributed by atoms with Crippen molar-refractivity contribution in [3.05, 3.63) is 244 Å². The summed E-state index contributed by atoms with van der Waals surface area (Å²) < 4.78 is 0. The van der Waals surface area contributed by atoms with Crippen molar-refractivity contribution in [1.82, 2.24) is 47.1 Å². The maximum absolute atomic E-state index is 14.4. The fourth-order valence-corrected chi connectivity index (χ4v) is 8.91. The monoisotopic (exact) mass is 1040 g/mol. The molecule has 6 N–H and O–H groups in total. The Morgan fingerprint density at radius 2 is 0.603 bits per heavy atom. The number of benzene rings is 6. The molecule has 7 aromatic rings. The van der Waals surface area contributed by atoms with Gasteiger partial charge in [-0.1, -0.05) is 146 Å². The van der Waals surface area contributed by atoms with Crippen LogP contribution in [0.25, 0.3) is 0 Å². The molecule has 78 heavy (non-hydrogen) atoms.